The number of nitrogens with one attached hydrogen (secondary N) is 1. The van der Waals surface area contributed by atoms with Crippen molar-refractivity contribution in [3.63, 3.8) is 0 Å². The molecular formula is C18H20BrNO2. The number of halogens is 1. The summed E-state index contributed by atoms with van der Waals surface area (Å²) in [5.41, 5.74) is 2.01. The number of anilines is 1. The van der Waals surface area contributed by atoms with E-state index in [1.54, 1.807) is 0 Å². The summed E-state index contributed by atoms with van der Waals surface area (Å²) in [6, 6.07) is 15.4. The van der Waals surface area contributed by atoms with Gasteiger partial charge in [0.05, 0.1) is 0 Å². The van der Waals surface area contributed by atoms with Crippen LogP contribution in [0, 0.1) is 0 Å². The van der Waals surface area contributed by atoms with Crippen LogP contribution in [0.3, 0.4) is 0 Å². The summed E-state index contributed by atoms with van der Waals surface area (Å²) >= 11 is 3.37. The summed E-state index contributed by atoms with van der Waals surface area (Å²) < 4.78 is 6.78. The number of carbonyl (C=O) groups is 1. The number of carbonyl (C=O) groups excluding carboxylic acids is 1. The molecule has 4 heteroatoms. The van der Waals surface area contributed by atoms with Crippen molar-refractivity contribution in [2.45, 2.75) is 32.8 Å². The van der Waals surface area contributed by atoms with Crippen molar-refractivity contribution in [3.8, 4) is 5.75 Å². The zero-order chi connectivity index (χ0) is 15.9. The molecule has 0 spiro atoms. The lowest BCUT2D eigenvalue weighted by atomic mass is 10.1. The Morgan fingerprint density at radius 2 is 1.73 bits per heavy atom. The van der Waals surface area contributed by atoms with E-state index in [2.05, 4.69) is 28.2 Å². The Hall–Kier alpha value is -1.81. The molecule has 0 heterocycles. The summed E-state index contributed by atoms with van der Waals surface area (Å²) in [7, 11) is 0. The first-order valence-corrected chi connectivity index (χ1v) is 8.23. The number of amides is 1. The number of hydrogen-bond acceptors (Lipinski definition) is 2. The van der Waals surface area contributed by atoms with Crippen molar-refractivity contribution in [3.05, 3.63) is 58.6 Å². The van der Waals surface area contributed by atoms with E-state index in [0.717, 1.165) is 22.3 Å². The molecule has 0 unspecified atom stereocenters. The molecule has 3 nitrogen and oxygen atoms in total. The standard InChI is InChI=1S/C18H20BrNO2/c1-3-13-5-11-16(12-6-13)22-17(4-2)18(21)20-15-9-7-14(19)8-10-15/h5-12,17H,3-4H2,1-2H3,(H,20,21)/t17-/m1/s1. The van der Waals surface area contributed by atoms with Crippen molar-refractivity contribution in [2.75, 3.05) is 5.32 Å². The maximum Gasteiger partial charge on any atom is 0.265 e. The van der Waals surface area contributed by atoms with E-state index in [-0.39, 0.29) is 5.91 Å². The van der Waals surface area contributed by atoms with Gasteiger partial charge in [-0.2, -0.15) is 0 Å². The number of ether oxygens (including phenoxy) is 1. The van der Waals surface area contributed by atoms with Crippen molar-refractivity contribution in [1.29, 1.82) is 0 Å². The molecule has 0 aliphatic heterocycles. The summed E-state index contributed by atoms with van der Waals surface area (Å²) in [5.74, 6) is 0.583. The smallest absolute Gasteiger partial charge is 0.265 e. The van der Waals surface area contributed by atoms with Gasteiger partial charge in [-0.15, -0.1) is 0 Å². The van der Waals surface area contributed by atoms with Crippen molar-refractivity contribution < 1.29 is 9.53 Å². The van der Waals surface area contributed by atoms with Crippen LogP contribution in [0.5, 0.6) is 5.75 Å². The van der Waals surface area contributed by atoms with Gasteiger partial charge in [-0.05, 0) is 54.8 Å². The van der Waals surface area contributed by atoms with E-state index >= 15 is 0 Å². The summed E-state index contributed by atoms with van der Waals surface area (Å²) in [5, 5.41) is 2.88. The Labute approximate surface area is 139 Å². The molecule has 0 bridgehead atoms. The van der Waals surface area contributed by atoms with Crippen LogP contribution in [0.25, 0.3) is 0 Å². The number of benzene rings is 2. The normalized spacial score (nSPS) is 11.8. The third kappa shape index (κ3) is 4.60. The Bertz CT molecular complexity index is 608. The lowest BCUT2D eigenvalue weighted by Gasteiger charge is -2.17. The molecule has 22 heavy (non-hydrogen) atoms. The third-order valence-corrected chi connectivity index (χ3v) is 3.91. The highest BCUT2D eigenvalue weighted by Crippen LogP contribution is 2.18. The molecular weight excluding hydrogens is 342 g/mol. The summed E-state index contributed by atoms with van der Waals surface area (Å²) in [6.45, 7) is 4.04. The lowest BCUT2D eigenvalue weighted by molar-refractivity contribution is -0.122. The minimum absolute atomic E-state index is 0.135. The number of aryl methyl sites for hydroxylation is 1. The summed E-state index contributed by atoms with van der Waals surface area (Å²) in [6.07, 6.45) is 1.09. The fraction of sp³-hybridized carbons (Fsp3) is 0.278. The highest BCUT2D eigenvalue weighted by Gasteiger charge is 2.18. The van der Waals surface area contributed by atoms with Crippen LogP contribution in [0.1, 0.15) is 25.8 Å². The minimum atomic E-state index is -0.504. The highest BCUT2D eigenvalue weighted by atomic mass is 79.9. The van der Waals surface area contributed by atoms with Crippen LogP contribution in [0.15, 0.2) is 53.0 Å². The Balaban J connectivity index is 2.00. The monoisotopic (exact) mass is 361 g/mol. The summed E-state index contributed by atoms with van der Waals surface area (Å²) in [4.78, 5) is 12.3. The average molecular weight is 362 g/mol. The maximum atomic E-state index is 12.3. The van der Waals surface area contributed by atoms with E-state index in [1.165, 1.54) is 5.56 Å². The van der Waals surface area contributed by atoms with Crippen molar-refractivity contribution >= 4 is 27.5 Å². The molecule has 0 aliphatic carbocycles. The molecule has 116 valence electrons. The van der Waals surface area contributed by atoms with Crippen molar-refractivity contribution in [1.82, 2.24) is 0 Å². The van der Waals surface area contributed by atoms with Gasteiger partial charge >= 0.3 is 0 Å². The van der Waals surface area contributed by atoms with Crippen LogP contribution in [0.2, 0.25) is 0 Å². The van der Waals surface area contributed by atoms with Gasteiger partial charge in [-0.1, -0.05) is 41.9 Å². The van der Waals surface area contributed by atoms with Gasteiger partial charge in [0.1, 0.15) is 5.75 Å². The molecule has 1 N–H and O–H groups in total. The van der Waals surface area contributed by atoms with Gasteiger partial charge in [-0.25, -0.2) is 0 Å². The molecule has 2 rings (SSSR count). The van der Waals surface area contributed by atoms with Gasteiger partial charge in [-0.3, -0.25) is 4.79 Å². The van der Waals surface area contributed by atoms with Crippen LogP contribution < -0.4 is 10.1 Å². The highest BCUT2D eigenvalue weighted by molar-refractivity contribution is 9.10. The SMILES string of the molecule is CCc1ccc(O[C@H](CC)C(=O)Nc2ccc(Br)cc2)cc1. The van der Waals surface area contributed by atoms with Gasteiger partial charge in [0, 0.05) is 10.2 Å². The average Bonchev–Trinajstić information content (AvgIpc) is 2.55. The zero-order valence-electron chi connectivity index (χ0n) is 12.8. The van der Waals surface area contributed by atoms with Gasteiger partial charge in [0.2, 0.25) is 0 Å². The minimum Gasteiger partial charge on any atom is -0.481 e. The molecule has 1 amide bonds. The fourth-order valence-electron chi connectivity index (χ4n) is 2.05. The quantitative estimate of drug-likeness (QED) is 0.801. The molecule has 2 aromatic carbocycles. The van der Waals surface area contributed by atoms with E-state index in [4.69, 9.17) is 4.74 Å². The van der Waals surface area contributed by atoms with Crippen LogP contribution in [0.4, 0.5) is 5.69 Å². The van der Waals surface area contributed by atoms with E-state index < -0.39 is 6.10 Å². The van der Waals surface area contributed by atoms with E-state index in [1.807, 2.05) is 55.5 Å². The first-order chi connectivity index (χ1) is 10.6. The zero-order valence-corrected chi connectivity index (χ0v) is 14.4. The predicted octanol–water partition coefficient (Wildman–Crippen LogP) is 4.81. The predicted molar refractivity (Wildman–Crippen MR) is 93.3 cm³/mol. The van der Waals surface area contributed by atoms with Crippen LogP contribution in [-0.2, 0) is 11.2 Å². The van der Waals surface area contributed by atoms with Gasteiger partial charge < -0.3 is 10.1 Å². The second-order valence-electron chi connectivity index (χ2n) is 5.01. The Morgan fingerprint density at radius 1 is 1.09 bits per heavy atom. The van der Waals surface area contributed by atoms with Gasteiger partial charge in [0.15, 0.2) is 6.10 Å². The molecule has 0 radical (unpaired) electrons. The van der Waals surface area contributed by atoms with Crippen molar-refractivity contribution in [2.24, 2.45) is 0 Å². The number of rotatable bonds is 6. The molecule has 0 saturated carbocycles. The molecule has 2 aromatic rings. The van der Waals surface area contributed by atoms with Crippen LogP contribution >= 0.6 is 15.9 Å². The Morgan fingerprint density at radius 3 is 2.27 bits per heavy atom. The van der Waals surface area contributed by atoms with E-state index in [9.17, 15) is 4.79 Å². The third-order valence-electron chi connectivity index (χ3n) is 3.38. The molecule has 0 saturated heterocycles. The fourth-order valence-corrected chi connectivity index (χ4v) is 2.31. The first-order valence-electron chi connectivity index (χ1n) is 7.44. The molecule has 0 aliphatic rings. The lowest BCUT2D eigenvalue weighted by Crippen LogP contribution is -2.32. The molecule has 1 atom stereocenters. The molecule has 0 fully saturated rings. The first kappa shape index (κ1) is 16.6. The maximum absolute atomic E-state index is 12.3. The van der Waals surface area contributed by atoms with E-state index in [0.29, 0.717) is 6.42 Å². The molecule has 0 aromatic heterocycles. The van der Waals surface area contributed by atoms with Crippen LogP contribution in [-0.4, -0.2) is 12.0 Å². The second kappa shape index (κ2) is 7.99. The van der Waals surface area contributed by atoms with Gasteiger partial charge in [0.25, 0.3) is 5.91 Å². The number of hydrogen-bond donors (Lipinski definition) is 1. The Kier molecular flexibility index (Phi) is 6.01. The largest absolute Gasteiger partial charge is 0.481 e. The second-order valence-corrected chi connectivity index (χ2v) is 5.92. The topological polar surface area (TPSA) is 38.3 Å².